The van der Waals surface area contributed by atoms with E-state index in [-0.39, 0.29) is 10.8 Å². The van der Waals surface area contributed by atoms with Gasteiger partial charge in [-0.3, -0.25) is 9.10 Å². The Hall–Kier alpha value is -2.42. The fourth-order valence-corrected chi connectivity index (χ4v) is 7.51. The van der Waals surface area contributed by atoms with E-state index in [2.05, 4.69) is 18.0 Å². The third-order valence-electron chi connectivity index (χ3n) is 6.96. The van der Waals surface area contributed by atoms with Crippen LogP contribution >= 0.6 is 11.3 Å². The molecule has 180 valence electrons. The molecule has 0 spiro atoms. The summed E-state index contributed by atoms with van der Waals surface area (Å²) in [7, 11) is -1.70. The Morgan fingerprint density at radius 2 is 1.71 bits per heavy atom. The van der Waals surface area contributed by atoms with E-state index < -0.39 is 10.0 Å². The molecule has 1 aliphatic heterocycles. The summed E-state index contributed by atoms with van der Waals surface area (Å²) >= 11 is 1.53. The van der Waals surface area contributed by atoms with E-state index in [0.717, 1.165) is 40.2 Å². The van der Waals surface area contributed by atoms with Crippen LogP contribution in [0.2, 0.25) is 0 Å². The molecule has 0 N–H and O–H groups in total. The molecule has 1 aliphatic carbocycles. The average molecular weight is 498 g/mol. The number of hydrogen-bond acceptors (Lipinski definition) is 5. The molecular formula is C26H31N3O3S2. The Balaban J connectivity index is 1.43. The molecule has 3 aromatic rings. The third kappa shape index (κ3) is 4.59. The molecule has 8 heteroatoms. The quantitative estimate of drug-likeness (QED) is 0.479. The summed E-state index contributed by atoms with van der Waals surface area (Å²) < 4.78 is 30.4. The third-order valence-corrected chi connectivity index (χ3v) is 10.2. The topological polar surface area (TPSA) is 60.9 Å². The number of thiophene rings is 1. The number of likely N-dealkylation sites (N-methyl/N-ethyl adjacent to an activating group) is 1. The molecule has 2 aliphatic rings. The van der Waals surface area contributed by atoms with Crippen LogP contribution in [-0.2, 0) is 10.0 Å². The Labute approximate surface area is 205 Å². The zero-order valence-electron chi connectivity index (χ0n) is 19.7. The highest BCUT2D eigenvalue weighted by Crippen LogP contribution is 2.41. The molecule has 6 nitrogen and oxygen atoms in total. The molecule has 0 atom stereocenters. The summed E-state index contributed by atoms with van der Waals surface area (Å²) in [6.07, 6.45) is 3.23. The van der Waals surface area contributed by atoms with Crippen molar-refractivity contribution in [3.05, 3.63) is 59.7 Å². The molecule has 2 aromatic carbocycles. The predicted molar refractivity (Wildman–Crippen MR) is 138 cm³/mol. The molecule has 5 rings (SSSR count). The first-order chi connectivity index (χ1) is 16.3. The molecule has 1 saturated heterocycles. The number of amides is 1. The Morgan fingerprint density at radius 3 is 2.35 bits per heavy atom. The number of piperazine rings is 1. The average Bonchev–Trinajstić information content (AvgIpc) is 3.62. The van der Waals surface area contributed by atoms with E-state index in [9.17, 15) is 13.2 Å². The second-order valence-corrected chi connectivity index (χ2v) is 12.4. The number of nitrogens with zero attached hydrogens (tertiary/aromatic N) is 3. The molecule has 2 heterocycles. The second-order valence-electron chi connectivity index (χ2n) is 9.46. The summed E-state index contributed by atoms with van der Waals surface area (Å²) in [6, 6.07) is 14.6. The fraction of sp³-hybridized carbons (Fsp3) is 0.423. The largest absolute Gasteiger partial charge is 0.336 e. The maximum atomic E-state index is 13.8. The lowest BCUT2D eigenvalue weighted by Gasteiger charge is -2.32. The number of fused-ring (bicyclic) bond motifs is 1. The van der Waals surface area contributed by atoms with E-state index in [4.69, 9.17) is 0 Å². The minimum Gasteiger partial charge on any atom is -0.336 e. The highest BCUT2D eigenvalue weighted by atomic mass is 32.2. The van der Waals surface area contributed by atoms with Gasteiger partial charge in [0, 0.05) is 43.0 Å². The second kappa shape index (κ2) is 9.32. The summed E-state index contributed by atoms with van der Waals surface area (Å²) in [4.78, 5) is 17.2. The first kappa shape index (κ1) is 23.3. The summed E-state index contributed by atoms with van der Waals surface area (Å²) in [5.41, 5.74) is 1.54. The van der Waals surface area contributed by atoms with Crippen LogP contribution in [0.5, 0.6) is 0 Å². The summed E-state index contributed by atoms with van der Waals surface area (Å²) in [5, 5.41) is 1.89. The smallest absolute Gasteiger partial charge is 0.264 e. The van der Waals surface area contributed by atoms with Crippen LogP contribution in [-0.4, -0.2) is 63.9 Å². The van der Waals surface area contributed by atoms with E-state index in [1.165, 1.54) is 24.2 Å². The number of anilines is 1. The Morgan fingerprint density at radius 1 is 1.03 bits per heavy atom. The van der Waals surface area contributed by atoms with E-state index in [1.54, 1.807) is 28.6 Å². The van der Waals surface area contributed by atoms with Crippen LogP contribution in [0, 0.1) is 12.8 Å². The van der Waals surface area contributed by atoms with Gasteiger partial charge in [-0.2, -0.15) is 0 Å². The highest BCUT2D eigenvalue weighted by Gasteiger charge is 2.31. The van der Waals surface area contributed by atoms with Gasteiger partial charge in [-0.1, -0.05) is 31.0 Å². The number of rotatable bonds is 7. The van der Waals surface area contributed by atoms with E-state index in [1.807, 2.05) is 30.0 Å². The van der Waals surface area contributed by atoms with Gasteiger partial charge in [0.25, 0.3) is 15.9 Å². The van der Waals surface area contributed by atoms with Gasteiger partial charge in [0.15, 0.2) is 0 Å². The number of sulfonamides is 1. The Kier molecular flexibility index (Phi) is 6.39. The van der Waals surface area contributed by atoms with Gasteiger partial charge in [0.1, 0.15) is 5.00 Å². The van der Waals surface area contributed by atoms with Crippen molar-refractivity contribution >= 4 is 42.4 Å². The maximum absolute atomic E-state index is 13.8. The van der Waals surface area contributed by atoms with Crippen LogP contribution in [0.1, 0.15) is 35.2 Å². The molecule has 1 saturated carbocycles. The number of aryl methyl sites for hydroxylation is 1. The molecular weight excluding hydrogens is 466 g/mol. The van der Waals surface area contributed by atoms with Crippen molar-refractivity contribution < 1.29 is 13.2 Å². The summed E-state index contributed by atoms with van der Waals surface area (Å²) in [6.45, 7) is 5.56. The van der Waals surface area contributed by atoms with Gasteiger partial charge in [-0.25, -0.2) is 8.42 Å². The van der Waals surface area contributed by atoms with E-state index >= 15 is 0 Å². The first-order valence-corrected chi connectivity index (χ1v) is 14.2. The van der Waals surface area contributed by atoms with Gasteiger partial charge in [-0.15, -0.1) is 11.3 Å². The van der Waals surface area contributed by atoms with Gasteiger partial charge in [0.05, 0.1) is 4.90 Å². The first-order valence-electron chi connectivity index (χ1n) is 11.9. The van der Waals surface area contributed by atoms with Crippen molar-refractivity contribution in [3.8, 4) is 0 Å². The zero-order chi connectivity index (χ0) is 23.9. The van der Waals surface area contributed by atoms with Crippen LogP contribution < -0.4 is 4.31 Å². The molecule has 34 heavy (non-hydrogen) atoms. The monoisotopic (exact) mass is 497 g/mol. The SMILES string of the molecule is Cc1c(N(CCC2CC2)S(=O)(=O)c2ccc(C(=O)N3CCN(C)CC3)cc2)sc2ccccc12. The molecule has 1 aromatic heterocycles. The number of carbonyl (C=O) groups excluding carboxylic acids is 1. The van der Waals surface area contributed by atoms with Gasteiger partial charge in [-0.05, 0) is 67.6 Å². The number of hydrogen-bond donors (Lipinski definition) is 0. The van der Waals surface area contributed by atoms with Crippen LogP contribution in [0.4, 0.5) is 5.00 Å². The van der Waals surface area contributed by atoms with Crippen LogP contribution in [0.3, 0.4) is 0 Å². The molecule has 1 amide bonds. The normalized spacial score (nSPS) is 17.3. The van der Waals surface area contributed by atoms with Crippen molar-refractivity contribution in [1.82, 2.24) is 9.80 Å². The standard InChI is InChI=1S/C26H31N3O3S2/c1-19-23-5-3-4-6-24(23)33-26(19)29(14-13-20-7-8-20)34(31,32)22-11-9-21(10-12-22)25(30)28-17-15-27(2)16-18-28/h3-6,9-12,20H,7-8,13-18H2,1-2H3. The minimum absolute atomic E-state index is 0.0389. The lowest BCUT2D eigenvalue weighted by atomic mass is 10.2. The van der Waals surface area contributed by atoms with Gasteiger partial charge < -0.3 is 9.80 Å². The molecule has 0 unspecified atom stereocenters. The van der Waals surface area contributed by atoms with E-state index in [0.29, 0.717) is 31.1 Å². The van der Waals surface area contributed by atoms with Crippen molar-refractivity contribution in [1.29, 1.82) is 0 Å². The molecule has 0 radical (unpaired) electrons. The lowest BCUT2D eigenvalue weighted by molar-refractivity contribution is 0.0664. The fourth-order valence-electron chi connectivity index (χ4n) is 4.53. The summed E-state index contributed by atoms with van der Waals surface area (Å²) in [5.74, 6) is 0.582. The Bertz CT molecular complexity index is 1290. The van der Waals surface area contributed by atoms with Crippen LogP contribution in [0.15, 0.2) is 53.4 Å². The molecule has 0 bridgehead atoms. The number of benzene rings is 2. The van der Waals surface area contributed by atoms with Crippen molar-refractivity contribution in [2.24, 2.45) is 5.92 Å². The van der Waals surface area contributed by atoms with Crippen molar-refractivity contribution in [3.63, 3.8) is 0 Å². The maximum Gasteiger partial charge on any atom is 0.264 e. The molecule has 2 fully saturated rings. The number of carbonyl (C=O) groups is 1. The van der Waals surface area contributed by atoms with Crippen molar-refractivity contribution in [2.75, 3.05) is 44.1 Å². The van der Waals surface area contributed by atoms with Gasteiger partial charge >= 0.3 is 0 Å². The van der Waals surface area contributed by atoms with Crippen LogP contribution in [0.25, 0.3) is 10.1 Å². The lowest BCUT2D eigenvalue weighted by Crippen LogP contribution is -2.47. The van der Waals surface area contributed by atoms with Gasteiger partial charge in [0.2, 0.25) is 0 Å². The van der Waals surface area contributed by atoms with Crippen molar-refractivity contribution in [2.45, 2.75) is 31.1 Å². The highest BCUT2D eigenvalue weighted by molar-refractivity contribution is 7.93. The predicted octanol–water partition coefficient (Wildman–Crippen LogP) is 4.59. The zero-order valence-corrected chi connectivity index (χ0v) is 21.4. The minimum atomic E-state index is -3.75.